The molecule has 36 heavy (non-hydrogen) atoms. The molecule has 10 heteroatoms. The summed E-state index contributed by atoms with van der Waals surface area (Å²) in [5.41, 5.74) is 3.03. The van der Waals surface area contributed by atoms with E-state index >= 15 is 0 Å². The Morgan fingerprint density at radius 2 is 2.11 bits per heavy atom. The van der Waals surface area contributed by atoms with Crippen LogP contribution in [0.25, 0.3) is 11.0 Å². The van der Waals surface area contributed by atoms with Gasteiger partial charge in [0.05, 0.1) is 48.8 Å². The number of aromatic nitrogens is 3. The summed E-state index contributed by atoms with van der Waals surface area (Å²) in [4.78, 5) is 24.6. The lowest BCUT2D eigenvalue weighted by Crippen LogP contribution is -2.38. The van der Waals surface area contributed by atoms with Crippen LogP contribution in [0.1, 0.15) is 37.4 Å². The van der Waals surface area contributed by atoms with Crippen LogP contribution in [0.3, 0.4) is 0 Å². The van der Waals surface area contributed by atoms with Gasteiger partial charge in [0.1, 0.15) is 5.82 Å². The number of halogens is 1. The van der Waals surface area contributed by atoms with Gasteiger partial charge in [-0.1, -0.05) is 13.0 Å². The Morgan fingerprint density at radius 1 is 1.22 bits per heavy atom. The van der Waals surface area contributed by atoms with E-state index < -0.39 is 5.60 Å². The molecule has 188 valence electrons. The van der Waals surface area contributed by atoms with Crippen LogP contribution in [0.2, 0.25) is 0 Å². The summed E-state index contributed by atoms with van der Waals surface area (Å²) in [6, 6.07) is 7.17. The number of fused-ring (bicyclic) bond motifs is 2. The summed E-state index contributed by atoms with van der Waals surface area (Å²) in [7, 11) is 1.54. The Labute approximate surface area is 208 Å². The normalized spacial score (nSPS) is 19.2. The van der Waals surface area contributed by atoms with Crippen LogP contribution in [0, 0.1) is 5.82 Å². The van der Waals surface area contributed by atoms with Crippen LogP contribution >= 0.6 is 0 Å². The number of nitrogens with one attached hydrogen (secondary N) is 2. The predicted octanol–water partition coefficient (Wildman–Crippen LogP) is 3.68. The van der Waals surface area contributed by atoms with E-state index in [0.717, 1.165) is 17.8 Å². The van der Waals surface area contributed by atoms with Crippen molar-refractivity contribution in [3.63, 3.8) is 0 Å². The van der Waals surface area contributed by atoms with E-state index in [1.807, 2.05) is 6.07 Å². The number of carbonyl (C=O) groups is 1. The Morgan fingerprint density at radius 3 is 2.89 bits per heavy atom. The summed E-state index contributed by atoms with van der Waals surface area (Å²) >= 11 is 0. The molecular formula is C26H28FN5O4. The highest BCUT2D eigenvalue weighted by Crippen LogP contribution is 2.33. The first-order valence-corrected chi connectivity index (χ1v) is 12.0. The van der Waals surface area contributed by atoms with Gasteiger partial charge in [0.25, 0.3) is 5.91 Å². The topological polar surface area (TPSA) is 107 Å². The minimum absolute atomic E-state index is 0.00438. The van der Waals surface area contributed by atoms with Gasteiger partial charge in [0.15, 0.2) is 18.2 Å². The van der Waals surface area contributed by atoms with Gasteiger partial charge >= 0.3 is 0 Å². The third-order valence-corrected chi connectivity index (χ3v) is 6.71. The number of pyridine rings is 3. The zero-order chi connectivity index (χ0) is 25.1. The molecule has 0 bridgehead atoms. The first-order chi connectivity index (χ1) is 17.5. The molecule has 5 rings (SSSR count). The maximum atomic E-state index is 14.7. The molecule has 2 N–H and O–H groups in total. The summed E-state index contributed by atoms with van der Waals surface area (Å²) in [5, 5.41) is 6.09. The number of carbonyl (C=O) groups excluding carboxylic acids is 1. The lowest BCUT2D eigenvalue weighted by molar-refractivity contribution is -0.118. The minimum atomic E-state index is -0.391. The second kappa shape index (κ2) is 10.1. The van der Waals surface area contributed by atoms with Crippen molar-refractivity contribution in [2.24, 2.45) is 0 Å². The molecule has 3 aromatic rings. The van der Waals surface area contributed by atoms with Crippen molar-refractivity contribution in [2.75, 3.05) is 25.6 Å². The fourth-order valence-electron chi connectivity index (χ4n) is 4.47. The van der Waals surface area contributed by atoms with Crippen LogP contribution in [-0.2, 0) is 22.5 Å². The SMILES string of the molecule is CCC1(CCc2c(F)cnc3ccc(OC)nc23)CC=C(NCc2ccc3c(n2)NC(=O)CO3)CO1. The van der Waals surface area contributed by atoms with Gasteiger partial charge in [-0.3, -0.25) is 9.78 Å². The Hall–Kier alpha value is -3.79. The maximum absolute atomic E-state index is 14.7. The van der Waals surface area contributed by atoms with Gasteiger partial charge in [0.2, 0.25) is 5.88 Å². The van der Waals surface area contributed by atoms with Gasteiger partial charge in [0, 0.05) is 17.3 Å². The van der Waals surface area contributed by atoms with E-state index in [1.54, 1.807) is 18.2 Å². The highest BCUT2D eigenvalue weighted by molar-refractivity contribution is 5.94. The molecule has 1 amide bonds. The fraction of sp³-hybridized carbons (Fsp3) is 0.385. The number of ether oxygens (including phenoxy) is 3. The number of amides is 1. The zero-order valence-electron chi connectivity index (χ0n) is 20.3. The standard InChI is InChI=1S/C26H28FN5O4/c1-3-26(11-9-18-19(27)13-29-20-5-7-23(34-2)32-24(18)20)10-8-17(14-36-26)28-12-16-4-6-21-25(30-16)31-22(33)15-35-21/h4-8,13,28H,3,9-12,14-15H2,1-2H3,(H,30,31,33). The summed E-state index contributed by atoms with van der Waals surface area (Å²) in [6.45, 7) is 3.00. The van der Waals surface area contributed by atoms with E-state index in [1.165, 1.54) is 13.3 Å². The molecule has 0 aliphatic carbocycles. The fourth-order valence-corrected chi connectivity index (χ4v) is 4.47. The zero-order valence-corrected chi connectivity index (χ0v) is 20.3. The van der Waals surface area contributed by atoms with Crippen molar-refractivity contribution in [3.05, 3.63) is 59.3 Å². The number of rotatable bonds is 8. The van der Waals surface area contributed by atoms with E-state index in [-0.39, 0.29) is 18.3 Å². The first-order valence-electron chi connectivity index (χ1n) is 12.0. The maximum Gasteiger partial charge on any atom is 0.263 e. The van der Waals surface area contributed by atoms with Crippen LogP contribution in [0.4, 0.5) is 10.2 Å². The Balaban J connectivity index is 1.24. The predicted molar refractivity (Wildman–Crippen MR) is 131 cm³/mol. The van der Waals surface area contributed by atoms with E-state index in [0.29, 0.717) is 66.5 Å². The number of hydrogen-bond acceptors (Lipinski definition) is 8. The molecule has 1 unspecified atom stereocenters. The second-order valence-electron chi connectivity index (χ2n) is 8.90. The van der Waals surface area contributed by atoms with Crippen LogP contribution in [0.15, 0.2) is 42.2 Å². The number of methoxy groups -OCH3 is 1. The Kier molecular flexibility index (Phi) is 6.69. The van der Waals surface area contributed by atoms with Crippen molar-refractivity contribution < 1.29 is 23.4 Å². The molecule has 2 aliphatic rings. The van der Waals surface area contributed by atoms with Crippen molar-refractivity contribution in [2.45, 2.75) is 44.8 Å². The molecule has 1 atom stereocenters. The quantitative estimate of drug-likeness (QED) is 0.489. The summed E-state index contributed by atoms with van der Waals surface area (Å²) < 4.78 is 31.6. The molecule has 2 aliphatic heterocycles. The van der Waals surface area contributed by atoms with E-state index in [4.69, 9.17) is 14.2 Å². The van der Waals surface area contributed by atoms with Crippen LogP contribution in [-0.4, -0.2) is 46.8 Å². The van der Waals surface area contributed by atoms with Crippen molar-refractivity contribution in [1.82, 2.24) is 20.3 Å². The lowest BCUT2D eigenvalue weighted by Gasteiger charge is -2.36. The van der Waals surface area contributed by atoms with E-state index in [9.17, 15) is 9.18 Å². The van der Waals surface area contributed by atoms with Crippen molar-refractivity contribution in [1.29, 1.82) is 0 Å². The molecule has 0 radical (unpaired) electrons. The summed E-state index contributed by atoms with van der Waals surface area (Å²) in [6.07, 6.45) is 6.01. The first kappa shape index (κ1) is 23.9. The third-order valence-electron chi connectivity index (χ3n) is 6.71. The number of anilines is 1. The average Bonchev–Trinajstić information content (AvgIpc) is 2.91. The van der Waals surface area contributed by atoms with Gasteiger partial charge < -0.3 is 24.8 Å². The monoisotopic (exact) mass is 493 g/mol. The molecule has 9 nitrogen and oxygen atoms in total. The number of aryl methyl sites for hydroxylation is 1. The highest BCUT2D eigenvalue weighted by atomic mass is 19.1. The third kappa shape index (κ3) is 4.94. The molecule has 0 saturated carbocycles. The average molecular weight is 494 g/mol. The molecule has 5 heterocycles. The highest BCUT2D eigenvalue weighted by Gasteiger charge is 2.32. The van der Waals surface area contributed by atoms with Gasteiger partial charge in [-0.05, 0) is 43.9 Å². The summed E-state index contributed by atoms with van der Waals surface area (Å²) in [5.74, 6) is 0.847. The molecule has 0 fully saturated rings. The van der Waals surface area contributed by atoms with E-state index in [2.05, 4.69) is 38.6 Å². The lowest BCUT2D eigenvalue weighted by atomic mass is 9.87. The molecule has 0 saturated heterocycles. The molecular weight excluding hydrogens is 465 g/mol. The van der Waals surface area contributed by atoms with Crippen LogP contribution in [0.5, 0.6) is 11.6 Å². The van der Waals surface area contributed by atoms with Crippen LogP contribution < -0.4 is 20.1 Å². The molecule has 0 spiro atoms. The second-order valence-corrected chi connectivity index (χ2v) is 8.90. The number of hydrogen-bond donors (Lipinski definition) is 2. The van der Waals surface area contributed by atoms with Crippen molar-refractivity contribution in [3.8, 4) is 11.6 Å². The van der Waals surface area contributed by atoms with Gasteiger partial charge in [-0.15, -0.1) is 0 Å². The smallest absolute Gasteiger partial charge is 0.263 e. The largest absolute Gasteiger partial charge is 0.481 e. The molecule has 3 aromatic heterocycles. The van der Waals surface area contributed by atoms with Gasteiger partial charge in [-0.2, -0.15) is 0 Å². The minimum Gasteiger partial charge on any atom is -0.481 e. The molecule has 0 aromatic carbocycles. The van der Waals surface area contributed by atoms with Crippen molar-refractivity contribution >= 4 is 22.8 Å². The Bertz CT molecular complexity index is 1330. The number of nitrogens with zero attached hydrogens (tertiary/aromatic N) is 3. The van der Waals surface area contributed by atoms with Gasteiger partial charge in [-0.25, -0.2) is 14.4 Å².